The zero-order valence-corrected chi connectivity index (χ0v) is 12.2. The van der Waals surface area contributed by atoms with Gasteiger partial charge in [-0.1, -0.05) is 0 Å². The third-order valence-corrected chi connectivity index (χ3v) is 3.75. The molecule has 98 valence electrons. The minimum atomic E-state index is -0.412. The highest BCUT2D eigenvalue weighted by molar-refractivity contribution is 9.10. The quantitative estimate of drug-likeness (QED) is 0.805. The summed E-state index contributed by atoms with van der Waals surface area (Å²) in [5, 5.41) is 0. The molecule has 0 saturated carbocycles. The lowest BCUT2D eigenvalue weighted by atomic mass is 9.90. The van der Waals surface area contributed by atoms with Crippen molar-refractivity contribution in [1.29, 1.82) is 0 Å². The summed E-state index contributed by atoms with van der Waals surface area (Å²) in [4.78, 5) is 18.4. The van der Waals surface area contributed by atoms with Crippen LogP contribution in [0.4, 0.5) is 5.82 Å². The maximum atomic E-state index is 11.9. The summed E-state index contributed by atoms with van der Waals surface area (Å²) in [6.45, 7) is 5.74. The van der Waals surface area contributed by atoms with E-state index in [1.165, 1.54) is 0 Å². The number of nitrogens with zero attached hydrogens (tertiary/aromatic N) is 2. The van der Waals surface area contributed by atoms with Crippen molar-refractivity contribution < 1.29 is 9.53 Å². The van der Waals surface area contributed by atoms with Crippen molar-refractivity contribution in [2.75, 3.05) is 24.6 Å². The standard InChI is InChI=1S/C13H17BrN2O2/c1-3-18-12(17)13(2)6-7-16(9-13)11-5-4-10(14)8-15-11/h4-5,8H,3,6-7,9H2,1-2H3. The number of hydrogen-bond acceptors (Lipinski definition) is 4. The summed E-state index contributed by atoms with van der Waals surface area (Å²) in [7, 11) is 0. The van der Waals surface area contributed by atoms with E-state index in [1.54, 1.807) is 6.20 Å². The number of pyridine rings is 1. The predicted molar refractivity (Wildman–Crippen MR) is 73.5 cm³/mol. The largest absolute Gasteiger partial charge is 0.466 e. The molecule has 0 spiro atoms. The van der Waals surface area contributed by atoms with Crippen molar-refractivity contribution >= 4 is 27.7 Å². The number of aromatic nitrogens is 1. The Labute approximate surface area is 115 Å². The molecule has 5 heteroatoms. The number of ether oxygens (including phenoxy) is 1. The molecule has 18 heavy (non-hydrogen) atoms. The number of rotatable bonds is 3. The molecule has 0 amide bonds. The van der Waals surface area contributed by atoms with Gasteiger partial charge in [0, 0.05) is 23.8 Å². The highest BCUT2D eigenvalue weighted by Crippen LogP contribution is 2.33. The Hall–Kier alpha value is -1.10. The van der Waals surface area contributed by atoms with Gasteiger partial charge in [-0.2, -0.15) is 0 Å². The highest BCUT2D eigenvalue weighted by atomic mass is 79.9. The molecule has 2 heterocycles. The van der Waals surface area contributed by atoms with Crippen molar-refractivity contribution in [2.24, 2.45) is 5.41 Å². The maximum Gasteiger partial charge on any atom is 0.313 e. The van der Waals surface area contributed by atoms with Gasteiger partial charge in [0.15, 0.2) is 0 Å². The van der Waals surface area contributed by atoms with Gasteiger partial charge in [-0.25, -0.2) is 4.98 Å². The fraction of sp³-hybridized carbons (Fsp3) is 0.538. The first-order valence-electron chi connectivity index (χ1n) is 6.09. The molecule has 0 radical (unpaired) electrons. The Morgan fingerprint density at radius 3 is 3.00 bits per heavy atom. The van der Waals surface area contributed by atoms with Gasteiger partial charge in [0.25, 0.3) is 0 Å². The fourth-order valence-corrected chi connectivity index (χ4v) is 2.42. The number of anilines is 1. The van der Waals surface area contributed by atoms with E-state index in [-0.39, 0.29) is 5.97 Å². The molecule has 1 unspecified atom stereocenters. The minimum absolute atomic E-state index is 0.107. The van der Waals surface area contributed by atoms with Crippen molar-refractivity contribution in [3.63, 3.8) is 0 Å². The third-order valence-electron chi connectivity index (χ3n) is 3.28. The lowest BCUT2D eigenvalue weighted by Crippen LogP contribution is -2.33. The van der Waals surface area contributed by atoms with Crippen molar-refractivity contribution in [3.8, 4) is 0 Å². The van der Waals surface area contributed by atoms with Gasteiger partial charge >= 0.3 is 5.97 Å². The van der Waals surface area contributed by atoms with Crippen LogP contribution in [0.15, 0.2) is 22.8 Å². The Balaban J connectivity index is 2.08. The van der Waals surface area contributed by atoms with Gasteiger partial charge in [0.05, 0.1) is 12.0 Å². The molecule has 0 aromatic carbocycles. The molecular formula is C13H17BrN2O2. The van der Waals surface area contributed by atoms with E-state index in [4.69, 9.17) is 4.74 Å². The van der Waals surface area contributed by atoms with Crippen LogP contribution in [0.3, 0.4) is 0 Å². The summed E-state index contributed by atoms with van der Waals surface area (Å²) in [5.74, 6) is 0.802. The molecule has 1 atom stereocenters. The van der Waals surface area contributed by atoms with E-state index < -0.39 is 5.41 Å². The summed E-state index contributed by atoms with van der Waals surface area (Å²) in [6, 6.07) is 3.92. The lowest BCUT2D eigenvalue weighted by molar-refractivity contribution is -0.153. The van der Waals surface area contributed by atoms with Crippen LogP contribution in [0, 0.1) is 5.41 Å². The van der Waals surface area contributed by atoms with Crippen LogP contribution in [0.25, 0.3) is 0 Å². The van der Waals surface area contributed by atoms with Crippen LogP contribution in [0.1, 0.15) is 20.3 Å². The van der Waals surface area contributed by atoms with Gasteiger partial charge in [-0.05, 0) is 48.3 Å². The van der Waals surface area contributed by atoms with Gasteiger partial charge < -0.3 is 9.64 Å². The molecule has 1 aromatic rings. The van der Waals surface area contributed by atoms with Crippen LogP contribution < -0.4 is 4.90 Å². The molecule has 0 bridgehead atoms. The summed E-state index contributed by atoms with van der Waals surface area (Å²) < 4.78 is 6.10. The van der Waals surface area contributed by atoms with Crippen LogP contribution in [-0.4, -0.2) is 30.6 Å². The topological polar surface area (TPSA) is 42.4 Å². The van der Waals surface area contributed by atoms with E-state index in [1.807, 2.05) is 26.0 Å². The number of esters is 1. The first kappa shape index (κ1) is 13.3. The van der Waals surface area contributed by atoms with Crippen LogP contribution >= 0.6 is 15.9 Å². The second kappa shape index (κ2) is 5.26. The number of hydrogen-bond donors (Lipinski definition) is 0. The summed E-state index contributed by atoms with van der Waals surface area (Å²) in [6.07, 6.45) is 2.58. The van der Waals surface area contributed by atoms with Crippen molar-refractivity contribution in [2.45, 2.75) is 20.3 Å². The van der Waals surface area contributed by atoms with E-state index >= 15 is 0 Å². The average molecular weight is 313 g/mol. The average Bonchev–Trinajstić information content (AvgIpc) is 2.75. The van der Waals surface area contributed by atoms with Crippen molar-refractivity contribution in [3.05, 3.63) is 22.8 Å². The molecule has 1 aromatic heterocycles. The predicted octanol–water partition coefficient (Wildman–Crippen LogP) is 2.62. The van der Waals surface area contributed by atoms with Gasteiger partial charge in [-0.15, -0.1) is 0 Å². The first-order valence-corrected chi connectivity index (χ1v) is 6.88. The summed E-state index contributed by atoms with van der Waals surface area (Å²) in [5.41, 5.74) is -0.412. The normalized spacial score (nSPS) is 23.2. The zero-order valence-electron chi connectivity index (χ0n) is 10.6. The van der Waals surface area contributed by atoms with E-state index in [9.17, 15) is 4.79 Å². The molecule has 1 saturated heterocycles. The SMILES string of the molecule is CCOC(=O)C1(C)CCN(c2ccc(Br)cn2)C1. The Morgan fingerprint density at radius 2 is 2.39 bits per heavy atom. The summed E-state index contributed by atoms with van der Waals surface area (Å²) >= 11 is 3.37. The van der Waals surface area contributed by atoms with Crippen LogP contribution in [0.5, 0.6) is 0 Å². The van der Waals surface area contributed by atoms with E-state index in [0.717, 1.165) is 23.3 Å². The number of halogens is 1. The zero-order chi connectivity index (χ0) is 13.2. The lowest BCUT2D eigenvalue weighted by Gasteiger charge is -2.22. The number of carbonyl (C=O) groups is 1. The second-order valence-electron chi connectivity index (χ2n) is 4.79. The van der Waals surface area contributed by atoms with E-state index in [2.05, 4.69) is 25.8 Å². The number of carbonyl (C=O) groups excluding carboxylic acids is 1. The molecule has 2 rings (SSSR count). The minimum Gasteiger partial charge on any atom is -0.466 e. The molecule has 0 N–H and O–H groups in total. The van der Waals surface area contributed by atoms with Crippen molar-refractivity contribution in [1.82, 2.24) is 4.98 Å². The van der Waals surface area contributed by atoms with Gasteiger partial charge in [0.2, 0.25) is 0 Å². The molecule has 4 nitrogen and oxygen atoms in total. The monoisotopic (exact) mass is 312 g/mol. The smallest absolute Gasteiger partial charge is 0.313 e. The molecule has 0 aliphatic carbocycles. The second-order valence-corrected chi connectivity index (χ2v) is 5.70. The molecular weight excluding hydrogens is 296 g/mol. The van der Waals surface area contributed by atoms with Crippen LogP contribution in [-0.2, 0) is 9.53 Å². The fourth-order valence-electron chi connectivity index (χ4n) is 2.18. The maximum absolute atomic E-state index is 11.9. The Bertz CT molecular complexity index is 435. The third kappa shape index (κ3) is 2.66. The first-order chi connectivity index (χ1) is 8.55. The Morgan fingerprint density at radius 1 is 1.61 bits per heavy atom. The molecule has 1 fully saturated rings. The van der Waals surface area contributed by atoms with E-state index in [0.29, 0.717) is 13.2 Å². The van der Waals surface area contributed by atoms with Gasteiger partial charge in [0.1, 0.15) is 5.82 Å². The molecule has 1 aliphatic heterocycles. The van der Waals surface area contributed by atoms with Crippen LogP contribution in [0.2, 0.25) is 0 Å². The Kier molecular flexibility index (Phi) is 3.90. The van der Waals surface area contributed by atoms with Gasteiger partial charge in [-0.3, -0.25) is 4.79 Å². The highest BCUT2D eigenvalue weighted by Gasteiger charge is 2.42. The molecule has 1 aliphatic rings.